The summed E-state index contributed by atoms with van der Waals surface area (Å²) in [6.45, 7) is 4.49. The molecule has 1 unspecified atom stereocenters. The Labute approximate surface area is 99.2 Å². The molecule has 1 aliphatic carbocycles. The van der Waals surface area contributed by atoms with Crippen LogP contribution < -0.4 is 0 Å². The summed E-state index contributed by atoms with van der Waals surface area (Å²) >= 11 is 3.58. The first-order valence-electron chi connectivity index (χ1n) is 5.20. The Morgan fingerprint density at radius 1 is 1.20 bits per heavy atom. The van der Waals surface area contributed by atoms with Gasteiger partial charge in [0.25, 0.3) is 0 Å². The van der Waals surface area contributed by atoms with Crippen LogP contribution in [0.1, 0.15) is 37.8 Å². The Hall–Kier alpha value is -0.810. The third-order valence-corrected chi connectivity index (χ3v) is 4.36. The van der Waals surface area contributed by atoms with E-state index < -0.39 is 4.32 Å². The van der Waals surface area contributed by atoms with Crippen LogP contribution in [-0.2, 0) is 9.74 Å². The number of hydrogen-bond donors (Lipinski definition) is 0. The van der Waals surface area contributed by atoms with Crippen molar-refractivity contribution < 1.29 is 0 Å². The van der Waals surface area contributed by atoms with E-state index in [1.54, 1.807) is 0 Å². The van der Waals surface area contributed by atoms with Crippen molar-refractivity contribution >= 4 is 15.9 Å². The molecular formula is C13H14BrN. The van der Waals surface area contributed by atoms with Crippen LogP contribution in [0.4, 0.5) is 0 Å². The highest BCUT2D eigenvalue weighted by Crippen LogP contribution is 2.48. The quantitative estimate of drug-likeness (QED) is 0.652. The normalized spacial score (nSPS) is 27.9. The molecule has 1 aromatic rings. The monoisotopic (exact) mass is 263 g/mol. The van der Waals surface area contributed by atoms with Gasteiger partial charge in [0.15, 0.2) is 0 Å². The predicted octanol–water partition coefficient (Wildman–Crippen LogP) is 3.87. The lowest BCUT2D eigenvalue weighted by molar-refractivity contribution is 0.407. The summed E-state index contributed by atoms with van der Waals surface area (Å²) in [6.07, 6.45) is 1.93. The van der Waals surface area contributed by atoms with Crippen LogP contribution in [0.25, 0.3) is 0 Å². The van der Waals surface area contributed by atoms with Crippen LogP contribution in [0, 0.1) is 11.3 Å². The summed E-state index contributed by atoms with van der Waals surface area (Å²) in [4.78, 5) is 0. The maximum absolute atomic E-state index is 9.27. The van der Waals surface area contributed by atoms with E-state index in [0.29, 0.717) is 0 Å². The van der Waals surface area contributed by atoms with E-state index in [-0.39, 0.29) is 5.41 Å². The third kappa shape index (κ3) is 1.59. The Kier molecular flexibility index (Phi) is 2.39. The zero-order valence-corrected chi connectivity index (χ0v) is 10.6. The van der Waals surface area contributed by atoms with Crippen molar-refractivity contribution in [2.24, 2.45) is 0 Å². The van der Waals surface area contributed by atoms with Crippen molar-refractivity contribution in [2.45, 2.75) is 36.4 Å². The summed E-state index contributed by atoms with van der Waals surface area (Å²) in [7, 11) is 0. The molecule has 0 spiro atoms. The lowest BCUT2D eigenvalue weighted by Crippen LogP contribution is -2.32. The number of rotatable bonds is 0. The summed E-state index contributed by atoms with van der Waals surface area (Å²) in [5, 5.41) is 9.27. The Morgan fingerprint density at radius 2 is 1.80 bits per heavy atom. The smallest absolute Gasteiger partial charge is 0.137 e. The molecular weight excluding hydrogens is 250 g/mol. The number of nitrogens with zero attached hydrogens (tertiary/aromatic N) is 1. The maximum atomic E-state index is 9.27. The van der Waals surface area contributed by atoms with E-state index in [4.69, 9.17) is 0 Å². The molecule has 1 aliphatic rings. The molecule has 0 saturated heterocycles. The fraction of sp³-hybridized carbons (Fsp3) is 0.462. The second-order valence-electron chi connectivity index (χ2n) is 4.84. The van der Waals surface area contributed by atoms with Gasteiger partial charge in [-0.25, -0.2) is 0 Å². The highest BCUT2D eigenvalue weighted by atomic mass is 79.9. The number of halogens is 1. The number of hydrogen-bond acceptors (Lipinski definition) is 1. The molecule has 0 saturated carbocycles. The first-order valence-corrected chi connectivity index (χ1v) is 5.99. The van der Waals surface area contributed by atoms with Crippen LogP contribution in [0.5, 0.6) is 0 Å². The van der Waals surface area contributed by atoms with Gasteiger partial charge in [-0.15, -0.1) is 0 Å². The Morgan fingerprint density at radius 3 is 2.40 bits per heavy atom. The van der Waals surface area contributed by atoms with Gasteiger partial charge in [0.2, 0.25) is 0 Å². The third-order valence-electron chi connectivity index (χ3n) is 3.35. The van der Waals surface area contributed by atoms with Crippen molar-refractivity contribution in [1.82, 2.24) is 0 Å². The Balaban J connectivity index is 2.65. The number of alkyl halides is 1. The van der Waals surface area contributed by atoms with Gasteiger partial charge in [-0.05, 0) is 29.4 Å². The zero-order valence-electron chi connectivity index (χ0n) is 9.05. The lowest BCUT2D eigenvalue weighted by Gasteiger charge is -2.38. The zero-order chi connectivity index (χ0) is 11.1. The van der Waals surface area contributed by atoms with E-state index in [2.05, 4.69) is 54.0 Å². The molecule has 15 heavy (non-hydrogen) atoms. The van der Waals surface area contributed by atoms with Gasteiger partial charge in [0.1, 0.15) is 4.32 Å². The van der Waals surface area contributed by atoms with Gasteiger partial charge in [-0.3, -0.25) is 0 Å². The van der Waals surface area contributed by atoms with E-state index >= 15 is 0 Å². The molecule has 1 atom stereocenters. The summed E-state index contributed by atoms with van der Waals surface area (Å²) in [5.74, 6) is 0. The first kappa shape index (κ1) is 10.7. The molecule has 1 aromatic carbocycles. The van der Waals surface area contributed by atoms with Crippen molar-refractivity contribution in [3.8, 4) is 6.07 Å². The number of benzene rings is 1. The molecule has 78 valence electrons. The molecule has 0 aromatic heterocycles. The molecule has 0 heterocycles. The van der Waals surface area contributed by atoms with E-state index in [0.717, 1.165) is 18.4 Å². The minimum atomic E-state index is -0.473. The minimum Gasteiger partial charge on any atom is -0.196 e. The SMILES string of the molecule is CC1(C)CCC(Br)(C#N)c2ccccc21. The van der Waals surface area contributed by atoms with Crippen LogP contribution >= 0.6 is 15.9 Å². The summed E-state index contributed by atoms with van der Waals surface area (Å²) < 4.78 is -0.473. The number of fused-ring (bicyclic) bond motifs is 1. The van der Waals surface area contributed by atoms with Crippen LogP contribution in [-0.4, -0.2) is 0 Å². The molecule has 0 bridgehead atoms. The molecule has 1 nitrogen and oxygen atoms in total. The van der Waals surface area contributed by atoms with Crippen molar-refractivity contribution in [3.05, 3.63) is 35.4 Å². The number of nitriles is 1. The fourth-order valence-corrected chi connectivity index (χ4v) is 2.83. The Bertz CT molecular complexity index is 430. The van der Waals surface area contributed by atoms with Crippen LogP contribution in [0.3, 0.4) is 0 Å². The molecule has 0 radical (unpaired) electrons. The first-order chi connectivity index (χ1) is 6.99. The summed E-state index contributed by atoms with van der Waals surface area (Å²) in [5.41, 5.74) is 2.63. The lowest BCUT2D eigenvalue weighted by atomic mass is 9.69. The minimum absolute atomic E-state index is 0.185. The van der Waals surface area contributed by atoms with Gasteiger partial charge < -0.3 is 0 Å². The largest absolute Gasteiger partial charge is 0.196 e. The van der Waals surface area contributed by atoms with Gasteiger partial charge in [0, 0.05) is 0 Å². The van der Waals surface area contributed by atoms with E-state index in [1.807, 2.05) is 6.07 Å². The molecule has 0 aliphatic heterocycles. The molecule has 0 amide bonds. The average Bonchev–Trinajstić information content (AvgIpc) is 2.25. The van der Waals surface area contributed by atoms with E-state index in [1.165, 1.54) is 5.56 Å². The van der Waals surface area contributed by atoms with Gasteiger partial charge in [-0.2, -0.15) is 5.26 Å². The standard InChI is InChI=1S/C13H14BrN/c1-12(2)7-8-13(14,9-15)11-6-4-3-5-10(11)12/h3-6H,7-8H2,1-2H3. The molecule has 2 heteroatoms. The summed E-state index contributed by atoms with van der Waals surface area (Å²) in [6, 6.07) is 10.7. The van der Waals surface area contributed by atoms with Crippen LogP contribution in [0.2, 0.25) is 0 Å². The van der Waals surface area contributed by atoms with Crippen LogP contribution in [0.15, 0.2) is 24.3 Å². The van der Waals surface area contributed by atoms with Gasteiger partial charge >= 0.3 is 0 Å². The van der Waals surface area contributed by atoms with Crippen molar-refractivity contribution in [3.63, 3.8) is 0 Å². The highest BCUT2D eigenvalue weighted by Gasteiger charge is 2.41. The molecule has 0 N–H and O–H groups in total. The van der Waals surface area contributed by atoms with E-state index in [9.17, 15) is 5.26 Å². The van der Waals surface area contributed by atoms with Gasteiger partial charge in [-0.1, -0.05) is 54.0 Å². The second kappa shape index (κ2) is 3.35. The predicted molar refractivity (Wildman–Crippen MR) is 64.9 cm³/mol. The fourth-order valence-electron chi connectivity index (χ4n) is 2.29. The molecule has 2 rings (SSSR count). The topological polar surface area (TPSA) is 23.8 Å². The highest BCUT2D eigenvalue weighted by molar-refractivity contribution is 9.09. The van der Waals surface area contributed by atoms with Crippen molar-refractivity contribution in [1.29, 1.82) is 5.26 Å². The second-order valence-corrected chi connectivity index (χ2v) is 6.20. The average molecular weight is 264 g/mol. The van der Waals surface area contributed by atoms with Crippen molar-refractivity contribution in [2.75, 3.05) is 0 Å². The maximum Gasteiger partial charge on any atom is 0.137 e. The molecule has 0 fully saturated rings. The van der Waals surface area contributed by atoms with Gasteiger partial charge in [0.05, 0.1) is 6.07 Å².